The van der Waals surface area contributed by atoms with Gasteiger partial charge in [-0.2, -0.15) is 0 Å². The molecule has 3 rings (SSSR count). The Balaban J connectivity index is 1.75. The molecule has 3 aromatic rings. The molecule has 2 nitrogen and oxygen atoms in total. The maximum Gasteiger partial charge on any atom is 0.170 e. The lowest BCUT2D eigenvalue weighted by molar-refractivity contribution is 1.09. The molecule has 0 unspecified atom stereocenters. The Morgan fingerprint density at radius 2 is 1.72 bits per heavy atom. The maximum absolute atomic E-state index is 4.50. The molecule has 0 aliphatic heterocycles. The number of benzene rings is 2. The van der Waals surface area contributed by atoms with Gasteiger partial charge in [-0.05, 0) is 29.2 Å². The highest BCUT2D eigenvalue weighted by Gasteiger charge is 1.99. The Bertz CT molecular complexity index is 638. The number of para-hydroxylation sites is 2. The molecule has 0 bridgehead atoms. The van der Waals surface area contributed by atoms with Crippen molar-refractivity contribution >= 4 is 28.9 Å². The van der Waals surface area contributed by atoms with Crippen LogP contribution in [0.25, 0.3) is 17.1 Å². The number of rotatable bonds is 3. The molecule has 88 valence electrons. The van der Waals surface area contributed by atoms with E-state index in [2.05, 4.69) is 28.2 Å². The smallest absolute Gasteiger partial charge is 0.170 e. The molecule has 0 atom stereocenters. The molecule has 18 heavy (non-hydrogen) atoms. The highest BCUT2D eigenvalue weighted by atomic mass is 32.2. The molecule has 1 aromatic heterocycles. The van der Waals surface area contributed by atoms with Crippen LogP contribution in [0.1, 0.15) is 5.56 Å². The fourth-order valence-electron chi connectivity index (χ4n) is 1.73. The molecule has 0 spiro atoms. The molecule has 0 saturated carbocycles. The summed E-state index contributed by atoms with van der Waals surface area (Å²) in [5.74, 6) is 0. The summed E-state index contributed by atoms with van der Waals surface area (Å²) in [6.07, 6.45) is 2.08. The average Bonchev–Trinajstić information content (AvgIpc) is 2.82. The molecule has 1 N–H and O–H groups in total. The van der Waals surface area contributed by atoms with E-state index in [0.717, 1.165) is 16.2 Å². The number of hydrogen-bond donors (Lipinski definition) is 1. The van der Waals surface area contributed by atoms with Gasteiger partial charge in [0.05, 0.1) is 11.0 Å². The topological polar surface area (TPSA) is 28.7 Å². The van der Waals surface area contributed by atoms with Gasteiger partial charge in [0.2, 0.25) is 0 Å². The number of imidazole rings is 1. The van der Waals surface area contributed by atoms with Crippen LogP contribution in [0.4, 0.5) is 0 Å². The van der Waals surface area contributed by atoms with Crippen LogP contribution in [0.3, 0.4) is 0 Å². The summed E-state index contributed by atoms with van der Waals surface area (Å²) in [7, 11) is 0. The van der Waals surface area contributed by atoms with Crippen molar-refractivity contribution < 1.29 is 0 Å². The second-order valence-electron chi connectivity index (χ2n) is 3.89. The lowest BCUT2D eigenvalue weighted by Gasteiger charge is -1.90. The molecule has 1 heterocycles. The largest absolute Gasteiger partial charge is 0.333 e. The first kappa shape index (κ1) is 11.1. The lowest BCUT2D eigenvalue weighted by atomic mass is 10.2. The van der Waals surface area contributed by atoms with E-state index in [-0.39, 0.29) is 0 Å². The quantitative estimate of drug-likeness (QED) is 0.703. The predicted molar refractivity (Wildman–Crippen MR) is 77.4 cm³/mol. The summed E-state index contributed by atoms with van der Waals surface area (Å²) < 4.78 is 0. The highest BCUT2D eigenvalue weighted by molar-refractivity contribution is 8.02. The fraction of sp³-hybridized carbons (Fsp3) is 0. The molecular weight excluding hydrogens is 240 g/mol. The molecule has 0 saturated heterocycles. The van der Waals surface area contributed by atoms with E-state index in [1.807, 2.05) is 47.9 Å². The molecule has 0 aliphatic rings. The lowest BCUT2D eigenvalue weighted by Crippen LogP contribution is -1.70. The maximum atomic E-state index is 4.50. The zero-order valence-electron chi connectivity index (χ0n) is 9.71. The van der Waals surface area contributed by atoms with Crippen LogP contribution in [0.15, 0.2) is 65.2 Å². The van der Waals surface area contributed by atoms with Gasteiger partial charge in [0.15, 0.2) is 5.16 Å². The van der Waals surface area contributed by atoms with E-state index in [1.54, 1.807) is 11.8 Å². The van der Waals surface area contributed by atoms with E-state index in [4.69, 9.17) is 0 Å². The molecule has 2 aromatic carbocycles. The SMILES string of the molecule is C(=C/c1ccccc1)/Sc1nc2ccccc2[nH]1. The van der Waals surface area contributed by atoms with Crippen LogP contribution in [0.5, 0.6) is 0 Å². The zero-order valence-corrected chi connectivity index (χ0v) is 10.5. The van der Waals surface area contributed by atoms with Crippen molar-refractivity contribution in [3.05, 3.63) is 65.6 Å². The molecular formula is C15H12N2S. The van der Waals surface area contributed by atoms with Gasteiger partial charge in [0, 0.05) is 0 Å². The minimum atomic E-state index is 0.920. The minimum absolute atomic E-state index is 0.920. The number of hydrogen-bond acceptors (Lipinski definition) is 2. The van der Waals surface area contributed by atoms with Crippen molar-refractivity contribution in [2.75, 3.05) is 0 Å². The number of H-pyrrole nitrogens is 1. The van der Waals surface area contributed by atoms with Gasteiger partial charge in [-0.25, -0.2) is 4.98 Å². The third-order valence-electron chi connectivity index (χ3n) is 2.61. The van der Waals surface area contributed by atoms with E-state index in [0.29, 0.717) is 0 Å². The highest BCUT2D eigenvalue weighted by Crippen LogP contribution is 2.20. The molecule has 3 heteroatoms. The summed E-state index contributed by atoms with van der Waals surface area (Å²) in [4.78, 5) is 7.78. The molecule has 0 radical (unpaired) electrons. The van der Waals surface area contributed by atoms with E-state index >= 15 is 0 Å². The second-order valence-corrected chi connectivity index (χ2v) is 4.78. The average molecular weight is 252 g/mol. The standard InChI is InChI=1S/C15H12N2S/c1-2-6-12(7-3-1)10-11-18-15-16-13-8-4-5-9-14(13)17-15/h1-11H,(H,16,17)/b11-10-. The van der Waals surface area contributed by atoms with Gasteiger partial charge in [-0.1, -0.05) is 54.2 Å². The summed E-state index contributed by atoms with van der Waals surface area (Å²) >= 11 is 1.59. The van der Waals surface area contributed by atoms with Crippen LogP contribution in [-0.2, 0) is 0 Å². The van der Waals surface area contributed by atoms with Crippen LogP contribution in [0, 0.1) is 0 Å². The Hall–Kier alpha value is -2.00. The Morgan fingerprint density at radius 3 is 2.56 bits per heavy atom. The Labute approximate surface area is 110 Å². The normalized spacial score (nSPS) is 11.3. The minimum Gasteiger partial charge on any atom is -0.333 e. The van der Waals surface area contributed by atoms with Gasteiger partial charge in [0.25, 0.3) is 0 Å². The second kappa shape index (κ2) is 5.10. The van der Waals surface area contributed by atoms with Gasteiger partial charge in [-0.15, -0.1) is 0 Å². The van der Waals surface area contributed by atoms with Gasteiger partial charge >= 0.3 is 0 Å². The van der Waals surface area contributed by atoms with E-state index < -0.39 is 0 Å². The zero-order chi connectivity index (χ0) is 12.2. The number of fused-ring (bicyclic) bond motifs is 1. The van der Waals surface area contributed by atoms with Gasteiger partial charge in [0.1, 0.15) is 0 Å². The predicted octanol–water partition coefficient (Wildman–Crippen LogP) is 4.33. The van der Waals surface area contributed by atoms with Crippen molar-refractivity contribution in [1.29, 1.82) is 0 Å². The number of thioether (sulfide) groups is 1. The van der Waals surface area contributed by atoms with E-state index in [1.165, 1.54) is 5.56 Å². The van der Waals surface area contributed by atoms with Crippen molar-refractivity contribution in [3.8, 4) is 0 Å². The summed E-state index contributed by atoms with van der Waals surface area (Å²) in [5.41, 5.74) is 3.28. The Morgan fingerprint density at radius 1 is 0.944 bits per heavy atom. The first-order valence-corrected chi connectivity index (χ1v) is 6.63. The first-order chi connectivity index (χ1) is 8.92. The van der Waals surface area contributed by atoms with Crippen LogP contribution < -0.4 is 0 Å². The molecule has 0 fully saturated rings. The van der Waals surface area contributed by atoms with Crippen molar-refractivity contribution in [3.63, 3.8) is 0 Å². The third-order valence-corrected chi connectivity index (χ3v) is 3.30. The van der Waals surface area contributed by atoms with Crippen molar-refractivity contribution in [2.24, 2.45) is 0 Å². The fourth-order valence-corrected chi connectivity index (χ4v) is 2.40. The van der Waals surface area contributed by atoms with E-state index in [9.17, 15) is 0 Å². The van der Waals surface area contributed by atoms with Crippen LogP contribution in [-0.4, -0.2) is 9.97 Å². The number of nitrogens with one attached hydrogen (secondary N) is 1. The summed E-state index contributed by atoms with van der Waals surface area (Å²) in [5, 5.41) is 2.97. The summed E-state index contributed by atoms with van der Waals surface area (Å²) in [6, 6.07) is 18.3. The number of nitrogens with zero attached hydrogens (tertiary/aromatic N) is 1. The van der Waals surface area contributed by atoms with Gasteiger partial charge < -0.3 is 4.98 Å². The molecule has 0 aliphatic carbocycles. The van der Waals surface area contributed by atoms with Crippen LogP contribution >= 0.6 is 11.8 Å². The number of aromatic amines is 1. The number of aromatic nitrogens is 2. The summed E-state index contributed by atoms with van der Waals surface area (Å²) in [6.45, 7) is 0. The monoisotopic (exact) mass is 252 g/mol. The van der Waals surface area contributed by atoms with Gasteiger partial charge in [-0.3, -0.25) is 0 Å². The van der Waals surface area contributed by atoms with Crippen molar-refractivity contribution in [2.45, 2.75) is 5.16 Å². The van der Waals surface area contributed by atoms with Crippen LogP contribution in [0.2, 0.25) is 0 Å². The molecule has 0 amide bonds. The first-order valence-electron chi connectivity index (χ1n) is 5.75. The third kappa shape index (κ3) is 2.46. The van der Waals surface area contributed by atoms with Crippen molar-refractivity contribution in [1.82, 2.24) is 9.97 Å². The Kier molecular flexibility index (Phi) is 3.15.